The highest BCUT2D eigenvalue weighted by atomic mass is 16.6. The molecule has 0 aliphatic rings. The van der Waals surface area contributed by atoms with Crippen LogP contribution in [-0.4, -0.2) is 22.0 Å². The molecule has 6 heteroatoms. The second kappa shape index (κ2) is 5.48. The molecule has 1 N–H and O–H groups in total. The first-order valence-electron chi connectivity index (χ1n) is 6.27. The van der Waals surface area contributed by atoms with E-state index in [4.69, 9.17) is 4.74 Å². The number of nitro benzene ring substituents is 1. The minimum Gasteiger partial charge on any atom is -0.458 e. The Morgan fingerprint density at radius 2 is 1.65 bits per heavy atom. The number of ether oxygens (including phenoxy) is 1. The van der Waals surface area contributed by atoms with Crippen LogP contribution in [0.2, 0.25) is 0 Å². The lowest BCUT2D eigenvalue weighted by Gasteiger charge is -2.29. The summed E-state index contributed by atoms with van der Waals surface area (Å²) in [5.74, 6) is -0.386. The number of nitrogens with one attached hydrogen (secondary N) is 1. The Bertz CT molecular complexity index is 501. The molecule has 0 saturated carbocycles. The topological polar surface area (TPSA) is 81.5 Å². The second-order valence-corrected chi connectivity index (χ2v) is 6.06. The van der Waals surface area contributed by atoms with Gasteiger partial charge in [0.05, 0.1) is 4.92 Å². The van der Waals surface area contributed by atoms with Gasteiger partial charge in [0.2, 0.25) is 0 Å². The van der Waals surface area contributed by atoms with E-state index in [1.807, 2.05) is 0 Å². The van der Waals surface area contributed by atoms with Crippen molar-refractivity contribution in [1.82, 2.24) is 0 Å². The first-order chi connectivity index (χ1) is 9.01. The van der Waals surface area contributed by atoms with E-state index in [1.54, 1.807) is 46.8 Å². The quantitative estimate of drug-likeness (QED) is 0.520. The van der Waals surface area contributed by atoms with Gasteiger partial charge in [-0.1, -0.05) is 0 Å². The molecule has 0 spiro atoms. The summed E-state index contributed by atoms with van der Waals surface area (Å²) >= 11 is 0. The van der Waals surface area contributed by atoms with Crippen LogP contribution in [0, 0.1) is 10.1 Å². The van der Waals surface area contributed by atoms with Crippen LogP contribution in [0.1, 0.15) is 34.6 Å². The third-order valence-corrected chi connectivity index (χ3v) is 2.44. The van der Waals surface area contributed by atoms with E-state index in [0.717, 1.165) is 0 Å². The maximum Gasteiger partial charge on any atom is 0.331 e. The average Bonchev–Trinajstić information content (AvgIpc) is 2.26. The van der Waals surface area contributed by atoms with Gasteiger partial charge in [-0.2, -0.15) is 0 Å². The summed E-state index contributed by atoms with van der Waals surface area (Å²) in [6, 6.07) is 5.88. The predicted molar refractivity (Wildman–Crippen MR) is 76.6 cm³/mol. The molecule has 0 saturated heterocycles. The molecule has 0 atom stereocenters. The number of carbonyl (C=O) groups is 1. The van der Waals surface area contributed by atoms with Crippen molar-refractivity contribution >= 4 is 17.3 Å². The van der Waals surface area contributed by atoms with Gasteiger partial charge in [-0.15, -0.1) is 0 Å². The minimum absolute atomic E-state index is 0.00521. The number of carbonyl (C=O) groups excluding carboxylic acids is 1. The van der Waals surface area contributed by atoms with E-state index in [0.29, 0.717) is 5.69 Å². The van der Waals surface area contributed by atoms with E-state index in [-0.39, 0.29) is 11.7 Å². The summed E-state index contributed by atoms with van der Waals surface area (Å²) in [5, 5.41) is 13.6. The van der Waals surface area contributed by atoms with Crippen molar-refractivity contribution in [3.63, 3.8) is 0 Å². The van der Waals surface area contributed by atoms with Crippen molar-refractivity contribution in [3.05, 3.63) is 34.4 Å². The molecule has 1 rings (SSSR count). The monoisotopic (exact) mass is 280 g/mol. The number of nitrogens with zero attached hydrogens (tertiary/aromatic N) is 1. The molecule has 1 aromatic carbocycles. The first-order valence-corrected chi connectivity index (χ1v) is 6.27. The summed E-state index contributed by atoms with van der Waals surface area (Å²) in [7, 11) is 0. The van der Waals surface area contributed by atoms with Gasteiger partial charge >= 0.3 is 5.97 Å². The standard InChI is InChI=1S/C14H20N2O4/c1-13(2,3)20-12(17)14(4,5)15-10-6-8-11(9-7-10)16(18)19/h6-9,15H,1-5H3. The molecule has 1 aromatic rings. The van der Waals surface area contributed by atoms with Crippen LogP contribution in [0.5, 0.6) is 0 Å². The van der Waals surface area contributed by atoms with Gasteiger partial charge in [0.15, 0.2) is 0 Å². The zero-order chi connectivity index (χ0) is 15.6. The molecule has 110 valence electrons. The van der Waals surface area contributed by atoms with Gasteiger partial charge in [0, 0.05) is 17.8 Å². The average molecular weight is 280 g/mol. The second-order valence-electron chi connectivity index (χ2n) is 6.06. The molecule has 0 unspecified atom stereocenters. The Morgan fingerprint density at radius 3 is 2.05 bits per heavy atom. The largest absolute Gasteiger partial charge is 0.458 e. The molecule has 0 amide bonds. The molecule has 0 heterocycles. The summed E-state index contributed by atoms with van der Waals surface area (Å²) in [5.41, 5.74) is -0.869. The number of hydrogen-bond acceptors (Lipinski definition) is 5. The Kier molecular flexibility index (Phi) is 4.37. The van der Waals surface area contributed by atoms with Crippen molar-refractivity contribution in [2.24, 2.45) is 0 Å². The Hall–Kier alpha value is -2.11. The van der Waals surface area contributed by atoms with Gasteiger partial charge in [-0.3, -0.25) is 10.1 Å². The van der Waals surface area contributed by atoms with Crippen LogP contribution >= 0.6 is 0 Å². The SMILES string of the molecule is CC(C)(C)OC(=O)C(C)(C)Nc1ccc([N+](=O)[O-])cc1. The number of non-ortho nitro benzene ring substituents is 1. The van der Waals surface area contributed by atoms with E-state index < -0.39 is 16.1 Å². The molecule has 0 radical (unpaired) electrons. The lowest BCUT2D eigenvalue weighted by atomic mass is 10.0. The number of nitro groups is 1. The number of benzene rings is 1. The normalized spacial score (nSPS) is 11.8. The first kappa shape index (κ1) is 15.9. The van der Waals surface area contributed by atoms with Crippen LogP contribution in [-0.2, 0) is 9.53 Å². The highest BCUT2D eigenvalue weighted by Gasteiger charge is 2.32. The van der Waals surface area contributed by atoms with Crippen molar-refractivity contribution in [1.29, 1.82) is 0 Å². The molecule has 0 aliphatic heterocycles. The lowest BCUT2D eigenvalue weighted by Crippen LogP contribution is -2.44. The molecule has 0 fully saturated rings. The van der Waals surface area contributed by atoms with Gasteiger partial charge < -0.3 is 10.1 Å². The van der Waals surface area contributed by atoms with Crippen LogP contribution in [0.25, 0.3) is 0 Å². The Balaban J connectivity index is 2.80. The van der Waals surface area contributed by atoms with Gasteiger partial charge in [0.25, 0.3) is 5.69 Å². The zero-order valence-electron chi connectivity index (χ0n) is 12.4. The lowest BCUT2D eigenvalue weighted by molar-refractivity contribution is -0.384. The molecule has 0 aliphatic carbocycles. The van der Waals surface area contributed by atoms with E-state index in [9.17, 15) is 14.9 Å². The number of anilines is 1. The predicted octanol–water partition coefficient (Wildman–Crippen LogP) is 3.13. The van der Waals surface area contributed by atoms with Crippen LogP contribution < -0.4 is 5.32 Å². The molecular weight excluding hydrogens is 260 g/mol. The summed E-state index contributed by atoms with van der Waals surface area (Å²) in [6.07, 6.45) is 0. The third kappa shape index (κ3) is 4.53. The van der Waals surface area contributed by atoms with Crippen LogP contribution in [0.4, 0.5) is 11.4 Å². The summed E-state index contributed by atoms with van der Waals surface area (Å²) in [4.78, 5) is 22.2. The number of esters is 1. The summed E-state index contributed by atoms with van der Waals surface area (Å²) in [6.45, 7) is 8.79. The van der Waals surface area contributed by atoms with E-state index in [2.05, 4.69) is 5.32 Å². The van der Waals surface area contributed by atoms with Crippen molar-refractivity contribution < 1.29 is 14.5 Å². The molecule has 0 aromatic heterocycles. The zero-order valence-corrected chi connectivity index (χ0v) is 12.4. The molecule has 0 bridgehead atoms. The van der Waals surface area contributed by atoms with E-state index >= 15 is 0 Å². The fraction of sp³-hybridized carbons (Fsp3) is 0.500. The fourth-order valence-electron chi connectivity index (χ4n) is 1.48. The summed E-state index contributed by atoms with van der Waals surface area (Å²) < 4.78 is 5.33. The van der Waals surface area contributed by atoms with Crippen molar-refractivity contribution in [3.8, 4) is 0 Å². The highest BCUT2D eigenvalue weighted by Crippen LogP contribution is 2.21. The van der Waals surface area contributed by atoms with Crippen LogP contribution in [0.15, 0.2) is 24.3 Å². The van der Waals surface area contributed by atoms with Crippen LogP contribution in [0.3, 0.4) is 0 Å². The third-order valence-electron chi connectivity index (χ3n) is 2.44. The van der Waals surface area contributed by atoms with Gasteiger partial charge in [-0.05, 0) is 46.8 Å². The fourth-order valence-corrected chi connectivity index (χ4v) is 1.48. The molecule has 6 nitrogen and oxygen atoms in total. The van der Waals surface area contributed by atoms with E-state index in [1.165, 1.54) is 12.1 Å². The minimum atomic E-state index is -0.927. The van der Waals surface area contributed by atoms with Gasteiger partial charge in [0.1, 0.15) is 11.1 Å². The maximum atomic E-state index is 12.1. The van der Waals surface area contributed by atoms with Crippen molar-refractivity contribution in [2.45, 2.75) is 45.8 Å². The van der Waals surface area contributed by atoms with Crippen molar-refractivity contribution in [2.75, 3.05) is 5.32 Å². The highest BCUT2D eigenvalue weighted by molar-refractivity contribution is 5.83. The molecule has 20 heavy (non-hydrogen) atoms. The smallest absolute Gasteiger partial charge is 0.331 e. The Labute approximate surface area is 118 Å². The van der Waals surface area contributed by atoms with Gasteiger partial charge in [-0.25, -0.2) is 4.79 Å². The maximum absolute atomic E-state index is 12.1. The molecular formula is C14H20N2O4. The number of rotatable bonds is 4. The number of hydrogen-bond donors (Lipinski definition) is 1. The Morgan fingerprint density at radius 1 is 1.15 bits per heavy atom.